The van der Waals surface area contributed by atoms with E-state index in [0.29, 0.717) is 18.5 Å². The Hall–Kier alpha value is -2.53. The van der Waals surface area contributed by atoms with Crippen molar-refractivity contribution in [1.29, 1.82) is 0 Å². The molecule has 1 N–H and O–H groups in total. The molecule has 3 rings (SSSR count). The molecule has 2 aromatic carbocycles. The number of thiazole rings is 1. The second kappa shape index (κ2) is 7.36. The van der Waals surface area contributed by atoms with Crippen LogP contribution in [0.4, 0.5) is 4.39 Å². The van der Waals surface area contributed by atoms with Crippen molar-refractivity contribution in [2.75, 3.05) is 6.54 Å². The molecule has 0 bridgehead atoms. The van der Waals surface area contributed by atoms with E-state index in [1.807, 2.05) is 36.6 Å². The van der Waals surface area contributed by atoms with Crippen LogP contribution in [-0.4, -0.2) is 17.4 Å². The monoisotopic (exact) mass is 340 g/mol. The van der Waals surface area contributed by atoms with Crippen molar-refractivity contribution in [2.24, 2.45) is 0 Å². The number of rotatable bonds is 5. The first-order chi connectivity index (χ1) is 11.6. The number of nitrogens with zero attached hydrogens (tertiary/aromatic N) is 1. The van der Waals surface area contributed by atoms with Crippen molar-refractivity contribution in [3.05, 3.63) is 76.5 Å². The molecular weight excluding hydrogens is 323 g/mol. The lowest BCUT2D eigenvalue weighted by molar-refractivity contribution is 0.0953. The average Bonchev–Trinajstić information content (AvgIpc) is 3.04. The zero-order chi connectivity index (χ0) is 16.9. The summed E-state index contributed by atoms with van der Waals surface area (Å²) < 4.78 is 13.0. The highest BCUT2D eigenvalue weighted by atomic mass is 32.1. The van der Waals surface area contributed by atoms with Gasteiger partial charge in [-0.3, -0.25) is 4.79 Å². The number of carbonyl (C=O) groups is 1. The molecule has 3 aromatic rings. The van der Waals surface area contributed by atoms with Gasteiger partial charge in [0.1, 0.15) is 10.8 Å². The number of aromatic nitrogens is 1. The van der Waals surface area contributed by atoms with Crippen LogP contribution in [-0.2, 0) is 6.42 Å². The normalized spacial score (nSPS) is 10.6. The number of carbonyl (C=O) groups excluding carboxylic acids is 1. The highest BCUT2D eigenvalue weighted by Gasteiger charge is 2.09. The van der Waals surface area contributed by atoms with Crippen molar-refractivity contribution in [3.63, 3.8) is 0 Å². The molecule has 0 saturated carbocycles. The van der Waals surface area contributed by atoms with Crippen LogP contribution in [0.5, 0.6) is 0 Å². The molecule has 0 atom stereocenters. The molecule has 1 aromatic heterocycles. The average molecular weight is 340 g/mol. The molecule has 0 unspecified atom stereocenters. The van der Waals surface area contributed by atoms with E-state index in [9.17, 15) is 9.18 Å². The zero-order valence-corrected chi connectivity index (χ0v) is 14.1. The van der Waals surface area contributed by atoms with Crippen LogP contribution in [0, 0.1) is 12.7 Å². The summed E-state index contributed by atoms with van der Waals surface area (Å²) >= 11 is 1.52. The summed E-state index contributed by atoms with van der Waals surface area (Å²) in [4.78, 5) is 16.7. The molecule has 1 amide bonds. The van der Waals surface area contributed by atoms with Crippen molar-refractivity contribution < 1.29 is 9.18 Å². The van der Waals surface area contributed by atoms with E-state index in [1.165, 1.54) is 23.5 Å². The predicted octanol–water partition coefficient (Wildman–Crippen LogP) is 4.23. The van der Waals surface area contributed by atoms with Crippen molar-refractivity contribution in [1.82, 2.24) is 10.3 Å². The van der Waals surface area contributed by atoms with Gasteiger partial charge >= 0.3 is 0 Å². The molecule has 0 aliphatic carbocycles. The minimum atomic E-state index is -0.255. The Kier molecular flexibility index (Phi) is 5.01. The standard InChI is InChI=1S/C19H17FN2OS/c1-13-4-2-3-5-17(13)18(23)21-11-10-16-12-24-19(22-16)14-6-8-15(20)9-7-14/h2-9,12H,10-11H2,1H3,(H,21,23). The van der Waals surface area contributed by atoms with Crippen LogP contribution in [0.1, 0.15) is 21.6 Å². The van der Waals surface area contributed by atoms with Gasteiger partial charge in [0.05, 0.1) is 5.69 Å². The van der Waals surface area contributed by atoms with Gasteiger partial charge in [-0.15, -0.1) is 11.3 Å². The number of amides is 1. The molecule has 3 nitrogen and oxygen atoms in total. The SMILES string of the molecule is Cc1ccccc1C(=O)NCCc1csc(-c2ccc(F)cc2)n1. The Morgan fingerprint density at radius 3 is 2.67 bits per heavy atom. The Balaban J connectivity index is 1.57. The number of benzene rings is 2. The van der Waals surface area contributed by atoms with Crippen LogP contribution in [0.15, 0.2) is 53.9 Å². The highest BCUT2D eigenvalue weighted by Crippen LogP contribution is 2.23. The molecule has 0 saturated heterocycles. The van der Waals surface area contributed by atoms with E-state index in [2.05, 4.69) is 10.3 Å². The van der Waals surface area contributed by atoms with Gasteiger partial charge in [-0.2, -0.15) is 0 Å². The van der Waals surface area contributed by atoms with Crippen molar-refractivity contribution in [3.8, 4) is 10.6 Å². The van der Waals surface area contributed by atoms with E-state index < -0.39 is 0 Å². The molecule has 0 aliphatic heterocycles. The Morgan fingerprint density at radius 1 is 1.17 bits per heavy atom. The van der Waals surface area contributed by atoms with Gasteiger partial charge in [0.15, 0.2) is 0 Å². The predicted molar refractivity (Wildman–Crippen MR) is 94.7 cm³/mol. The Labute approximate surface area is 144 Å². The lowest BCUT2D eigenvalue weighted by atomic mass is 10.1. The van der Waals surface area contributed by atoms with Crippen LogP contribution in [0.2, 0.25) is 0 Å². The van der Waals surface area contributed by atoms with Gasteiger partial charge in [0.2, 0.25) is 0 Å². The quantitative estimate of drug-likeness (QED) is 0.755. The third kappa shape index (κ3) is 3.86. The van der Waals surface area contributed by atoms with Crippen LogP contribution in [0.3, 0.4) is 0 Å². The van der Waals surface area contributed by atoms with Gasteiger partial charge in [0.25, 0.3) is 5.91 Å². The summed E-state index contributed by atoms with van der Waals surface area (Å²) in [5, 5.41) is 5.75. The number of hydrogen-bond donors (Lipinski definition) is 1. The smallest absolute Gasteiger partial charge is 0.251 e. The Bertz CT molecular complexity index is 843. The molecule has 0 aliphatic rings. The molecule has 1 heterocycles. The van der Waals surface area contributed by atoms with Gasteiger partial charge in [0, 0.05) is 29.5 Å². The molecule has 0 fully saturated rings. The summed E-state index contributed by atoms with van der Waals surface area (Å²) in [6, 6.07) is 13.8. The van der Waals surface area contributed by atoms with Crippen molar-refractivity contribution in [2.45, 2.75) is 13.3 Å². The fourth-order valence-corrected chi connectivity index (χ4v) is 3.23. The number of halogens is 1. The zero-order valence-electron chi connectivity index (χ0n) is 13.3. The lowest BCUT2D eigenvalue weighted by Gasteiger charge is -2.06. The summed E-state index contributed by atoms with van der Waals surface area (Å²) in [5.41, 5.74) is 3.48. The minimum Gasteiger partial charge on any atom is -0.352 e. The Morgan fingerprint density at radius 2 is 1.92 bits per heavy atom. The topological polar surface area (TPSA) is 42.0 Å². The minimum absolute atomic E-state index is 0.0675. The van der Waals surface area contributed by atoms with E-state index in [-0.39, 0.29) is 11.7 Å². The molecule has 24 heavy (non-hydrogen) atoms. The van der Waals surface area contributed by atoms with E-state index in [1.54, 1.807) is 12.1 Å². The van der Waals surface area contributed by atoms with Gasteiger partial charge in [-0.1, -0.05) is 18.2 Å². The van der Waals surface area contributed by atoms with Gasteiger partial charge in [-0.05, 0) is 42.8 Å². The number of hydrogen-bond acceptors (Lipinski definition) is 3. The molecular formula is C19H17FN2OS. The third-order valence-electron chi connectivity index (χ3n) is 3.70. The largest absolute Gasteiger partial charge is 0.352 e. The molecule has 0 spiro atoms. The summed E-state index contributed by atoms with van der Waals surface area (Å²) in [5.74, 6) is -0.323. The maximum atomic E-state index is 13.0. The van der Waals surface area contributed by atoms with Crippen LogP contribution in [0.25, 0.3) is 10.6 Å². The number of aryl methyl sites for hydroxylation is 1. The lowest BCUT2D eigenvalue weighted by Crippen LogP contribution is -2.26. The van der Waals surface area contributed by atoms with Gasteiger partial charge < -0.3 is 5.32 Å². The molecule has 5 heteroatoms. The molecule has 122 valence electrons. The first-order valence-electron chi connectivity index (χ1n) is 7.67. The fraction of sp³-hybridized carbons (Fsp3) is 0.158. The summed E-state index contributed by atoms with van der Waals surface area (Å²) in [7, 11) is 0. The first-order valence-corrected chi connectivity index (χ1v) is 8.55. The van der Waals surface area contributed by atoms with E-state index in [0.717, 1.165) is 21.8 Å². The fourth-order valence-electron chi connectivity index (χ4n) is 2.37. The second-order valence-corrected chi connectivity index (χ2v) is 6.33. The summed E-state index contributed by atoms with van der Waals surface area (Å²) in [6.45, 7) is 2.45. The van der Waals surface area contributed by atoms with Crippen LogP contribution < -0.4 is 5.32 Å². The van der Waals surface area contributed by atoms with Gasteiger partial charge in [-0.25, -0.2) is 9.37 Å². The highest BCUT2D eigenvalue weighted by molar-refractivity contribution is 7.13. The first kappa shape index (κ1) is 16.3. The number of nitrogens with one attached hydrogen (secondary N) is 1. The third-order valence-corrected chi connectivity index (χ3v) is 4.64. The molecule has 0 radical (unpaired) electrons. The van der Waals surface area contributed by atoms with E-state index >= 15 is 0 Å². The maximum Gasteiger partial charge on any atom is 0.251 e. The van der Waals surface area contributed by atoms with Crippen LogP contribution >= 0.6 is 11.3 Å². The van der Waals surface area contributed by atoms with Crippen molar-refractivity contribution >= 4 is 17.2 Å². The maximum absolute atomic E-state index is 13.0. The van der Waals surface area contributed by atoms with E-state index in [4.69, 9.17) is 0 Å². The summed E-state index contributed by atoms with van der Waals surface area (Å²) in [6.07, 6.45) is 0.662. The second-order valence-electron chi connectivity index (χ2n) is 5.47.